The van der Waals surface area contributed by atoms with Crippen molar-refractivity contribution < 1.29 is 4.79 Å². The van der Waals surface area contributed by atoms with Crippen molar-refractivity contribution in [1.82, 2.24) is 29.3 Å². The third kappa shape index (κ3) is 3.19. The van der Waals surface area contributed by atoms with E-state index in [-0.39, 0.29) is 5.91 Å². The van der Waals surface area contributed by atoms with Crippen LogP contribution in [0.2, 0.25) is 0 Å². The molecule has 1 aliphatic carbocycles. The quantitative estimate of drug-likeness (QED) is 0.700. The van der Waals surface area contributed by atoms with Crippen LogP contribution in [0, 0.1) is 19.8 Å². The van der Waals surface area contributed by atoms with E-state index in [1.165, 1.54) is 12.8 Å². The van der Waals surface area contributed by atoms with Crippen LogP contribution in [0.15, 0.2) is 24.5 Å². The molecule has 7 nitrogen and oxygen atoms in total. The van der Waals surface area contributed by atoms with Crippen LogP contribution < -0.4 is 0 Å². The number of imidazole rings is 1. The molecule has 1 saturated heterocycles. The molecule has 7 heteroatoms. The van der Waals surface area contributed by atoms with Gasteiger partial charge in [-0.05, 0) is 63.1 Å². The highest BCUT2D eigenvalue weighted by Gasteiger charge is 2.29. The third-order valence-electron chi connectivity index (χ3n) is 5.96. The number of aryl methyl sites for hydroxylation is 2. The average molecular weight is 378 g/mol. The second-order valence-electron chi connectivity index (χ2n) is 8.38. The van der Waals surface area contributed by atoms with E-state index in [1.54, 1.807) is 0 Å². The van der Waals surface area contributed by atoms with Crippen molar-refractivity contribution in [2.75, 3.05) is 13.1 Å². The molecule has 1 amide bonds. The van der Waals surface area contributed by atoms with Gasteiger partial charge in [0.05, 0.1) is 11.4 Å². The number of pyridine rings is 1. The highest BCUT2D eigenvalue weighted by atomic mass is 16.2. The lowest BCUT2D eigenvalue weighted by Gasteiger charge is -2.32. The first kappa shape index (κ1) is 17.4. The van der Waals surface area contributed by atoms with Gasteiger partial charge in [-0.25, -0.2) is 4.98 Å². The molecule has 0 bridgehead atoms. The molecule has 146 valence electrons. The van der Waals surface area contributed by atoms with Gasteiger partial charge in [0.25, 0.3) is 5.91 Å². The number of likely N-dealkylation sites (tertiary alicyclic amines) is 1. The zero-order valence-electron chi connectivity index (χ0n) is 16.5. The van der Waals surface area contributed by atoms with Crippen LogP contribution >= 0.6 is 0 Å². The number of hydrogen-bond acceptors (Lipinski definition) is 4. The van der Waals surface area contributed by atoms with Crippen molar-refractivity contribution in [3.8, 4) is 0 Å². The summed E-state index contributed by atoms with van der Waals surface area (Å²) in [6.07, 6.45) is 8.66. The minimum absolute atomic E-state index is 0.0795. The number of carbonyl (C=O) groups excluding carboxylic acids is 1. The Morgan fingerprint density at radius 2 is 2.11 bits per heavy atom. The second-order valence-corrected chi connectivity index (χ2v) is 8.38. The van der Waals surface area contributed by atoms with E-state index in [4.69, 9.17) is 0 Å². The Morgan fingerprint density at radius 1 is 1.25 bits per heavy atom. The number of amides is 1. The predicted molar refractivity (Wildman–Crippen MR) is 105 cm³/mol. The van der Waals surface area contributed by atoms with Gasteiger partial charge in [-0.1, -0.05) is 5.21 Å². The third-order valence-corrected chi connectivity index (χ3v) is 5.96. The molecule has 4 heterocycles. The van der Waals surface area contributed by atoms with Crippen molar-refractivity contribution in [3.05, 3.63) is 47.2 Å². The fourth-order valence-corrected chi connectivity index (χ4v) is 4.30. The molecular formula is C21H26N6O. The zero-order valence-corrected chi connectivity index (χ0v) is 16.5. The Hall–Kier alpha value is -2.70. The van der Waals surface area contributed by atoms with E-state index in [2.05, 4.69) is 21.5 Å². The van der Waals surface area contributed by atoms with E-state index in [9.17, 15) is 4.79 Å². The van der Waals surface area contributed by atoms with Crippen molar-refractivity contribution >= 4 is 11.6 Å². The molecular weight excluding hydrogens is 352 g/mol. The molecule has 3 aromatic heterocycles. The molecule has 0 radical (unpaired) electrons. The lowest BCUT2D eigenvalue weighted by atomic mass is 9.97. The van der Waals surface area contributed by atoms with Crippen LogP contribution in [0.4, 0.5) is 0 Å². The summed E-state index contributed by atoms with van der Waals surface area (Å²) in [6.45, 7) is 6.36. The number of nitrogens with zero attached hydrogens (tertiary/aromatic N) is 6. The molecule has 1 atom stereocenters. The highest BCUT2D eigenvalue weighted by Crippen LogP contribution is 2.38. The number of piperidine rings is 1. The van der Waals surface area contributed by atoms with Crippen molar-refractivity contribution in [1.29, 1.82) is 0 Å². The summed E-state index contributed by atoms with van der Waals surface area (Å²) in [7, 11) is 0. The Balaban J connectivity index is 1.33. The molecule has 1 saturated carbocycles. The Kier molecular flexibility index (Phi) is 4.18. The molecule has 1 aliphatic heterocycles. The summed E-state index contributed by atoms with van der Waals surface area (Å²) in [5.41, 5.74) is 4.59. The van der Waals surface area contributed by atoms with Gasteiger partial charge in [-0.15, -0.1) is 5.10 Å². The molecule has 0 spiro atoms. The van der Waals surface area contributed by atoms with Crippen LogP contribution in [-0.2, 0) is 6.54 Å². The molecule has 0 unspecified atom stereocenters. The number of aromatic nitrogens is 5. The summed E-state index contributed by atoms with van der Waals surface area (Å²) in [6, 6.07) is 4.04. The van der Waals surface area contributed by atoms with E-state index < -0.39 is 0 Å². The summed E-state index contributed by atoms with van der Waals surface area (Å²) in [5.74, 6) is 1.11. The van der Waals surface area contributed by atoms with E-state index in [1.807, 2.05) is 46.2 Å². The van der Waals surface area contributed by atoms with Crippen LogP contribution in [0.3, 0.4) is 0 Å². The highest BCUT2D eigenvalue weighted by molar-refractivity contribution is 5.94. The SMILES string of the molecule is Cc1ccn2c(C(=O)N3CCC[C@H](Cn4cc(C5CC5)nn4)C3)c(C)nc2c1. The number of fused-ring (bicyclic) bond motifs is 1. The largest absolute Gasteiger partial charge is 0.337 e. The van der Waals surface area contributed by atoms with Crippen molar-refractivity contribution in [2.45, 2.75) is 52.0 Å². The standard InChI is InChI=1S/C21H26N6O/c1-14-7-9-27-19(10-14)22-15(2)20(27)21(28)25-8-3-4-16(11-25)12-26-13-18(23-24-26)17-5-6-17/h7,9-10,13,16-17H,3-6,8,11-12H2,1-2H3/t16-/m0/s1. The van der Waals surface area contributed by atoms with Crippen molar-refractivity contribution in [3.63, 3.8) is 0 Å². The van der Waals surface area contributed by atoms with Gasteiger partial charge in [-0.3, -0.25) is 13.9 Å². The first-order chi connectivity index (χ1) is 13.6. The minimum atomic E-state index is 0.0795. The Morgan fingerprint density at radius 3 is 2.93 bits per heavy atom. The fourth-order valence-electron chi connectivity index (χ4n) is 4.30. The van der Waals surface area contributed by atoms with Crippen LogP contribution in [-0.4, -0.2) is 48.3 Å². The van der Waals surface area contributed by atoms with E-state index in [0.29, 0.717) is 17.5 Å². The maximum absolute atomic E-state index is 13.3. The Bertz CT molecular complexity index is 1030. The van der Waals surface area contributed by atoms with Crippen LogP contribution in [0.25, 0.3) is 5.65 Å². The average Bonchev–Trinajstić information content (AvgIpc) is 3.34. The van der Waals surface area contributed by atoms with Crippen molar-refractivity contribution in [2.24, 2.45) is 5.92 Å². The molecule has 2 fully saturated rings. The minimum Gasteiger partial charge on any atom is -0.337 e. The Labute approximate surface area is 164 Å². The predicted octanol–water partition coefficient (Wildman–Crippen LogP) is 2.97. The molecule has 3 aromatic rings. The summed E-state index contributed by atoms with van der Waals surface area (Å²) < 4.78 is 3.89. The number of hydrogen-bond donors (Lipinski definition) is 0. The van der Waals surface area contributed by atoms with Gasteiger partial charge in [0.1, 0.15) is 11.3 Å². The maximum atomic E-state index is 13.3. The second kappa shape index (κ2) is 6.72. The summed E-state index contributed by atoms with van der Waals surface area (Å²) in [4.78, 5) is 19.9. The van der Waals surface area contributed by atoms with Gasteiger partial charge in [-0.2, -0.15) is 0 Å². The molecule has 28 heavy (non-hydrogen) atoms. The lowest BCUT2D eigenvalue weighted by molar-refractivity contribution is 0.0651. The normalized spacial score (nSPS) is 20.1. The molecule has 0 aromatic carbocycles. The maximum Gasteiger partial charge on any atom is 0.272 e. The molecule has 5 rings (SSSR count). The number of rotatable bonds is 4. The van der Waals surface area contributed by atoms with Gasteiger partial charge in [0, 0.05) is 37.9 Å². The first-order valence-electron chi connectivity index (χ1n) is 10.2. The van der Waals surface area contributed by atoms with Gasteiger partial charge >= 0.3 is 0 Å². The zero-order chi connectivity index (χ0) is 19.3. The monoisotopic (exact) mass is 378 g/mol. The van der Waals surface area contributed by atoms with E-state index in [0.717, 1.165) is 55.1 Å². The number of carbonyl (C=O) groups is 1. The summed E-state index contributed by atoms with van der Waals surface area (Å²) in [5, 5.41) is 8.62. The molecule has 0 N–H and O–H groups in total. The van der Waals surface area contributed by atoms with Gasteiger partial charge in [0.2, 0.25) is 0 Å². The smallest absolute Gasteiger partial charge is 0.272 e. The van der Waals surface area contributed by atoms with E-state index >= 15 is 0 Å². The fraction of sp³-hybridized carbons (Fsp3) is 0.524. The van der Waals surface area contributed by atoms with Crippen LogP contribution in [0.1, 0.15) is 59.0 Å². The van der Waals surface area contributed by atoms with Gasteiger partial charge in [0.15, 0.2) is 0 Å². The molecule has 2 aliphatic rings. The lowest BCUT2D eigenvalue weighted by Crippen LogP contribution is -2.41. The topological polar surface area (TPSA) is 68.3 Å². The van der Waals surface area contributed by atoms with Gasteiger partial charge < -0.3 is 4.90 Å². The van der Waals surface area contributed by atoms with Crippen LogP contribution in [0.5, 0.6) is 0 Å². The first-order valence-corrected chi connectivity index (χ1v) is 10.2. The summed E-state index contributed by atoms with van der Waals surface area (Å²) >= 11 is 0.